The van der Waals surface area contributed by atoms with Gasteiger partial charge in [0.25, 0.3) is 0 Å². The lowest BCUT2D eigenvalue weighted by Crippen LogP contribution is -2.29. The van der Waals surface area contributed by atoms with Crippen LogP contribution < -0.4 is 0 Å². The number of nitrogens with zero attached hydrogens (tertiary/aromatic N) is 1. The average Bonchev–Trinajstić information content (AvgIpc) is 2.31. The van der Waals surface area contributed by atoms with Crippen molar-refractivity contribution < 1.29 is 9.18 Å². The van der Waals surface area contributed by atoms with Crippen molar-refractivity contribution in [3.8, 4) is 0 Å². The molecule has 3 heteroatoms. The smallest absolute Gasteiger partial charge is 0.149 e. The van der Waals surface area contributed by atoms with Crippen LogP contribution >= 0.6 is 0 Å². The van der Waals surface area contributed by atoms with Gasteiger partial charge >= 0.3 is 0 Å². The van der Waals surface area contributed by atoms with Gasteiger partial charge in [0, 0.05) is 18.0 Å². The monoisotopic (exact) mass is 237 g/mol. The summed E-state index contributed by atoms with van der Waals surface area (Å²) in [6, 6.07) is 6.67. The zero-order valence-electron chi connectivity index (χ0n) is 10.7. The van der Waals surface area contributed by atoms with E-state index < -0.39 is 0 Å². The first-order chi connectivity index (χ1) is 8.04. The Kier molecular flexibility index (Phi) is 5.29. The molecular weight excluding hydrogens is 217 g/mol. The average molecular weight is 237 g/mol. The Balaban J connectivity index is 2.53. The molecule has 94 valence electrons. The number of hydrogen-bond acceptors (Lipinski definition) is 2. The normalized spacial score (nSPS) is 12.8. The van der Waals surface area contributed by atoms with Gasteiger partial charge in [-0.1, -0.05) is 32.0 Å². The minimum atomic E-state index is -0.213. The second-order valence-corrected chi connectivity index (χ2v) is 4.54. The second kappa shape index (κ2) is 6.50. The summed E-state index contributed by atoms with van der Waals surface area (Å²) in [5, 5.41) is 0. The molecule has 1 rings (SSSR count). The number of benzene rings is 1. The van der Waals surface area contributed by atoms with E-state index in [0.717, 1.165) is 6.42 Å². The summed E-state index contributed by atoms with van der Waals surface area (Å²) in [5.74, 6) is 0.0831. The van der Waals surface area contributed by atoms with Gasteiger partial charge < -0.3 is 0 Å². The summed E-state index contributed by atoms with van der Waals surface area (Å²) in [7, 11) is 1.84. The van der Waals surface area contributed by atoms with Gasteiger partial charge in [-0.25, -0.2) is 4.39 Å². The third-order valence-corrected chi connectivity index (χ3v) is 2.99. The molecule has 0 aliphatic heterocycles. The van der Waals surface area contributed by atoms with Gasteiger partial charge in [-0.2, -0.15) is 0 Å². The van der Waals surface area contributed by atoms with E-state index in [2.05, 4.69) is 0 Å². The number of carbonyl (C=O) groups is 1. The van der Waals surface area contributed by atoms with Crippen LogP contribution in [0.25, 0.3) is 0 Å². The molecule has 0 aliphatic carbocycles. The topological polar surface area (TPSA) is 20.3 Å². The molecule has 0 N–H and O–H groups in total. The molecule has 1 unspecified atom stereocenters. The second-order valence-electron chi connectivity index (χ2n) is 4.54. The van der Waals surface area contributed by atoms with Crippen molar-refractivity contribution in [3.05, 3.63) is 35.6 Å². The Morgan fingerprint density at radius 3 is 2.65 bits per heavy atom. The Morgan fingerprint density at radius 1 is 1.41 bits per heavy atom. The highest BCUT2D eigenvalue weighted by Gasteiger charge is 2.14. The number of likely N-dealkylation sites (N-methyl/N-ethyl adjacent to an activating group) is 1. The minimum absolute atomic E-state index is 0.0815. The summed E-state index contributed by atoms with van der Waals surface area (Å²) in [6.45, 7) is 4.77. The predicted octanol–water partition coefficient (Wildman–Crippen LogP) is 2.87. The molecule has 0 saturated carbocycles. The molecule has 0 saturated heterocycles. The van der Waals surface area contributed by atoms with Crippen molar-refractivity contribution in [2.75, 3.05) is 13.6 Å². The molecule has 0 spiro atoms. The molecule has 0 fully saturated rings. The van der Waals surface area contributed by atoms with Gasteiger partial charge in [0.1, 0.15) is 11.6 Å². The Morgan fingerprint density at radius 2 is 2.06 bits per heavy atom. The van der Waals surface area contributed by atoms with Crippen LogP contribution in [-0.4, -0.2) is 24.3 Å². The van der Waals surface area contributed by atoms with Gasteiger partial charge in [-0.15, -0.1) is 0 Å². The fourth-order valence-electron chi connectivity index (χ4n) is 1.62. The molecule has 0 aromatic heterocycles. The van der Waals surface area contributed by atoms with E-state index in [1.165, 1.54) is 6.07 Å². The van der Waals surface area contributed by atoms with Gasteiger partial charge in [0.05, 0.1) is 6.54 Å². The standard InChI is InChI=1S/C14H20FNO/c1-4-11(2)14(17)10-16(3)9-12-7-5-6-8-13(12)15/h5-8,11H,4,9-10H2,1-3H3. The maximum Gasteiger partial charge on any atom is 0.149 e. The van der Waals surface area contributed by atoms with Gasteiger partial charge in [0.15, 0.2) is 0 Å². The third kappa shape index (κ3) is 4.27. The lowest BCUT2D eigenvalue weighted by Gasteiger charge is -2.18. The summed E-state index contributed by atoms with van der Waals surface area (Å²) in [4.78, 5) is 13.6. The lowest BCUT2D eigenvalue weighted by molar-refractivity contribution is -0.123. The Bertz CT molecular complexity index is 378. The van der Waals surface area contributed by atoms with E-state index in [-0.39, 0.29) is 17.5 Å². The largest absolute Gasteiger partial charge is 0.298 e. The van der Waals surface area contributed by atoms with E-state index >= 15 is 0 Å². The summed E-state index contributed by atoms with van der Waals surface area (Å²) in [5.41, 5.74) is 0.631. The quantitative estimate of drug-likeness (QED) is 0.758. The molecule has 0 amide bonds. The summed E-state index contributed by atoms with van der Waals surface area (Å²) >= 11 is 0. The number of hydrogen-bond donors (Lipinski definition) is 0. The van der Waals surface area contributed by atoms with Crippen LogP contribution in [0, 0.1) is 11.7 Å². The molecule has 0 bridgehead atoms. The van der Waals surface area contributed by atoms with E-state index in [9.17, 15) is 9.18 Å². The van der Waals surface area contributed by atoms with Crippen LogP contribution in [0.1, 0.15) is 25.8 Å². The lowest BCUT2D eigenvalue weighted by atomic mass is 10.0. The maximum absolute atomic E-state index is 13.4. The van der Waals surface area contributed by atoms with Crippen molar-refractivity contribution in [1.29, 1.82) is 0 Å². The zero-order valence-corrected chi connectivity index (χ0v) is 10.7. The number of carbonyl (C=O) groups excluding carboxylic acids is 1. The Hall–Kier alpha value is -1.22. The molecule has 1 aromatic rings. The van der Waals surface area contributed by atoms with Crippen molar-refractivity contribution in [3.63, 3.8) is 0 Å². The fourth-order valence-corrected chi connectivity index (χ4v) is 1.62. The van der Waals surface area contributed by atoms with Crippen molar-refractivity contribution in [2.24, 2.45) is 5.92 Å². The number of Topliss-reactive ketones (excluding diaryl/α,β-unsaturated/α-hetero) is 1. The predicted molar refractivity (Wildman–Crippen MR) is 67.2 cm³/mol. The highest BCUT2D eigenvalue weighted by atomic mass is 19.1. The number of halogens is 1. The first-order valence-corrected chi connectivity index (χ1v) is 5.99. The zero-order chi connectivity index (χ0) is 12.8. The molecule has 0 heterocycles. The maximum atomic E-state index is 13.4. The van der Waals surface area contributed by atoms with Crippen LogP contribution in [-0.2, 0) is 11.3 Å². The van der Waals surface area contributed by atoms with Crippen LogP contribution in [0.5, 0.6) is 0 Å². The van der Waals surface area contributed by atoms with Gasteiger partial charge in [-0.05, 0) is 19.5 Å². The van der Waals surface area contributed by atoms with Crippen molar-refractivity contribution >= 4 is 5.78 Å². The summed E-state index contributed by atoms with van der Waals surface area (Å²) < 4.78 is 13.4. The summed E-state index contributed by atoms with van der Waals surface area (Å²) in [6.07, 6.45) is 0.854. The van der Waals surface area contributed by atoms with E-state index in [0.29, 0.717) is 18.7 Å². The highest BCUT2D eigenvalue weighted by Crippen LogP contribution is 2.10. The molecular formula is C14H20FNO. The van der Waals surface area contributed by atoms with Crippen LogP contribution in [0.15, 0.2) is 24.3 Å². The number of rotatable bonds is 6. The molecule has 0 aliphatic rings. The van der Waals surface area contributed by atoms with Gasteiger partial charge in [-0.3, -0.25) is 9.69 Å². The molecule has 0 radical (unpaired) electrons. The van der Waals surface area contributed by atoms with Crippen molar-refractivity contribution in [2.45, 2.75) is 26.8 Å². The third-order valence-electron chi connectivity index (χ3n) is 2.99. The number of ketones is 1. The van der Waals surface area contributed by atoms with E-state index in [1.807, 2.05) is 31.9 Å². The SMILES string of the molecule is CCC(C)C(=O)CN(C)Cc1ccccc1F. The first-order valence-electron chi connectivity index (χ1n) is 5.99. The molecule has 2 nitrogen and oxygen atoms in total. The fraction of sp³-hybridized carbons (Fsp3) is 0.500. The van der Waals surface area contributed by atoms with Gasteiger partial charge in [0.2, 0.25) is 0 Å². The van der Waals surface area contributed by atoms with Crippen LogP contribution in [0.2, 0.25) is 0 Å². The minimum Gasteiger partial charge on any atom is -0.298 e. The molecule has 1 aromatic carbocycles. The van der Waals surface area contributed by atoms with E-state index in [4.69, 9.17) is 0 Å². The molecule has 17 heavy (non-hydrogen) atoms. The first kappa shape index (κ1) is 13.8. The van der Waals surface area contributed by atoms with Crippen molar-refractivity contribution in [1.82, 2.24) is 4.90 Å². The molecule has 1 atom stereocenters. The highest BCUT2D eigenvalue weighted by molar-refractivity contribution is 5.82. The van der Waals surface area contributed by atoms with E-state index in [1.54, 1.807) is 12.1 Å². The van der Waals surface area contributed by atoms with Crippen LogP contribution in [0.3, 0.4) is 0 Å². The Labute approximate surface area is 102 Å². The van der Waals surface area contributed by atoms with Crippen LogP contribution in [0.4, 0.5) is 4.39 Å².